The molecule has 0 aliphatic carbocycles. The van der Waals surface area contributed by atoms with Crippen molar-refractivity contribution in [2.45, 2.75) is 20.3 Å². The van der Waals surface area contributed by atoms with Gasteiger partial charge in [-0.1, -0.05) is 24.6 Å². The molecule has 0 fully saturated rings. The number of H-pyrrole nitrogens is 1. The molecule has 0 atom stereocenters. The van der Waals surface area contributed by atoms with Crippen LogP contribution in [0, 0.1) is 11.7 Å². The predicted molar refractivity (Wildman–Crippen MR) is 84.4 cm³/mol. The Hall–Kier alpha value is -1.59. The minimum atomic E-state index is 0.634. The largest absolute Gasteiger partial charge is 0.327 e. The second-order valence-corrected chi connectivity index (χ2v) is 5.64. The van der Waals surface area contributed by atoms with E-state index in [2.05, 4.69) is 17.0 Å². The Labute approximate surface area is 127 Å². The Bertz CT molecular complexity index is 856. The van der Waals surface area contributed by atoms with Gasteiger partial charge in [0.05, 0.1) is 16.4 Å². The minimum absolute atomic E-state index is 0.634. The maximum Gasteiger partial charge on any atom is 0.184 e. The number of aryl methyl sites for hydroxylation is 3. The number of nitrogens with one attached hydrogen (secondary N) is 1. The van der Waals surface area contributed by atoms with Gasteiger partial charge < -0.3 is 4.98 Å². The molecule has 0 aliphatic heterocycles. The van der Waals surface area contributed by atoms with Gasteiger partial charge in [-0.25, -0.2) is 4.68 Å². The summed E-state index contributed by atoms with van der Waals surface area (Å²) in [5.74, 6) is 0. The van der Waals surface area contributed by atoms with Crippen LogP contribution < -0.4 is 0 Å². The molecule has 1 aromatic carbocycles. The molecule has 0 radical (unpaired) electrons. The van der Waals surface area contributed by atoms with E-state index in [-0.39, 0.29) is 0 Å². The molecular weight excluding hydrogens is 292 g/mol. The van der Waals surface area contributed by atoms with E-state index in [1.807, 2.05) is 41.4 Å². The Morgan fingerprint density at radius 3 is 2.85 bits per heavy atom. The average molecular weight is 307 g/mol. The van der Waals surface area contributed by atoms with Gasteiger partial charge in [0.2, 0.25) is 0 Å². The quantitative estimate of drug-likeness (QED) is 0.728. The molecule has 3 aromatic rings. The first-order valence-electron chi connectivity index (χ1n) is 6.46. The number of halogens is 1. The van der Waals surface area contributed by atoms with Gasteiger partial charge in [-0.3, -0.25) is 4.57 Å². The Morgan fingerprint density at radius 1 is 1.40 bits per heavy atom. The van der Waals surface area contributed by atoms with E-state index < -0.39 is 0 Å². The van der Waals surface area contributed by atoms with E-state index >= 15 is 0 Å². The first kappa shape index (κ1) is 13.4. The van der Waals surface area contributed by atoms with Gasteiger partial charge in [0.15, 0.2) is 10.4 Å². The fraction of sp³-hybridized carbons (Fsp3) is 0.286. The van der Waals surface area contributed by atoms with E-state index in [4.69, 9.17) is 23.8 Å². The molecule has 0 unspecified atom stereocenters. The summed E-state index contributed by atoms with van der Waals surface area (Å²) in [5, 5.41) is 5.20. The van der Waals surface area contributed by atoms with Crippen LogP contribution in [0.25, 0.3) is 16.9 Å². The molecule has 0 saturated carbocycles. The zero-order chi connectivity index (χ0) is 14.4. The number of benzene rings is 1. The summed E-state index contributed by atoms with van der Waals surface area (Å²) in [4.78, 5) is 3.25. The number of imidazole rings is 1. The minimum Gasteiger partial charge on any atom is -0.327 e. The summed E-state index contributed by atoms with van der Waals surface area (Å²) in [6.07, 6.45) is 0.855. The van der Waals surface area contributed by atoms with E-state index in [1.165, 1.54) is 0 Å². The highest BCUT2D eigenvalue weighted by molar-refractivity contribution is 7.71. The van der Waals surface area contributed by atoms with Gasteiger partial charge in [-0.05, 0) is 43.3 Å². The lowest BCUT2D eigenvalue weighted by Gasteiger charge is -2.08. The van der Waals surface area contributed by atoms with Crippen LogP contribution >= 0.6 is 23.8 Å². The average Bonchev–Trinajstić information content (AvgIpc) is 2.90. The van der Waals surface area contributed by atoms with Crippen molar-refractivity contribution >= 4 is 35.0 Å². The fourth-order valence-electron chi connectivity index (χ4n) is 2.48. The third-order valence-electron chi connectivity index (χ3n) is 3.41. The van der Waals surface area contributed by atoms with Crippen molar-refractivity contribution in [2.24, 2.45) is 7.05 Å². The van der Waals surface area contributed by atoms with Gasteiger partial charge in [-0.15, -0.1) is 0 Å². The zero-order valence-corrected chi connectivity index (χ0v) is 13.1. The van der Waals surface area contributed by atoms with E-state index in [0.717, 1.165) is 34.5 Å². The maximum atomic E-state index is 6.34. The van der Waals surface area contributed by atoms with Crippen LogP contribution in [0.2, 0.25) is 5.02 Å². The van der Waals surface area contributed by atoms with Gasteiger partial charge in [0, 0.05) is 7.05 Å². The smallest absolute Gasteiger partial charge is 0.184 e. The fourth-order valence-corrected chi connectivity index (χ4v) is 2.97. The Balaban J connectivity index is 2.42. The second-order valence-electron chi connectivity index (χ2n) is 4.84. The predicted octanol–water partition coefficient (Wildman–Crippen LogP) is 3.95. The molecule has 0 saturated heterocycles. The summed E-state index contributed by atoms with van der Waals surface area (Å²) in [5.41, 5.74) is 4.96. The summed E-state index contributed by atoms with van der Waals surface area (Å²) in [6.45, 7) is 4.11. The topological polar surface area (TPSA) is 38.5 Å². The zero-order valence-electron chi connectivity index (χ0n) is 11.6. The van der Waals surface area contributed by atoms with Crippen molar-refractivity contribution in [2.75, 3.05) is 0 Å². The van der Waals surface area contributed by atoms with Crippen LogP contribution in [-0.4, -0.2) is 19.3 Å². The van der Waals surface area contributed by atoms with Gasteiger partial charge >= 0.3 is 0 Å². The van der Waals surface area contributed by atoms with Gasteiger partial charge in [0.1, 0.15) is 5.52 Å². The molecule has 20 heavy (non-hydrogen) atoms. The Morgan fingerprint density at radius 2 is 2.15 bits per heavy atom. The third kappa shape index (κ3) is 1.89. The van der Waals surface area contributed by atoms with Crippen molar-refractivity contribution in [1.82, 2.24) is 19.3 Å². The standard InChI is InChI=1S/C14H15ClN4S/c1-4-10-12-13(18(3)17-10)19(14(20)16-12)11-7-8(2)5-6-9(11)15/h5-7H,4H2,1-3H3,(H,16,20). The molecule has 0 spiro atoms. The third-order valence-corrected chi connectivity index (χ3v) is 4.02. The van der Waals surface area contributed by atoms with Crippen molar-refractivity contribution < 1.29 is 0 Å². The van der Waals surface area contributed by atoms with Crippen LogP contribution in [0.4, 0.5) is 0 Å². The molecule has 6 heteroatoms. The normalized spacial score (nSPS) is 11.4. The van der Waals surface area contributed by atoms with Crippen molar-refractivity contribution in [1.29, 1.82) is 0 Å². The van der Waals surface area contributed by atoms with Crippen molar-refractivity contribution in [3.8, 4) is 5.69 Å². The van der Waals surface area contributed by atoms with E-state index in [1.54, 1.807) is 0 Å². The van der Waals surface area contributed by atoms with Crippen LogP contribution in [-0.2, 0) is 13.5 Å². The first-order valence-corrected chi connectivity index (χ1v) is 7.24. The number of nitrogens with zero attached hydrogens (tertiary/aromatic N) is 3. The lowest BCUT2D eigenvalue weighted by molar-refractivity contribution is 0.748. The monoisotopic (exact) mass is 306 g/mol. The number of hydrogen-bond acceptors (Lipinski definition) is 2. The number of fused-ring (bicyclic) bond motifs is 1. The highest BCUT2D eigenvalue weighted by Gasteiger charge is 2.16. The number of aromatic amines is 1. The molecule has 1 N–H and O–H groups in total. The molecule has 0 bridgehead atoms. The Kier molecular flexibility index (Phi) is 3.18. The van der Waals surface area contributed by atoms with E-state index in [9.17, 15) is 0 Å². The summed E-state index contributed by atoms with van der Waals surface area (Å²) in [7, 11) is 1.92. The summed E-state index contributed by atoms with van der Waals surface area (Å²) < 4.78 is 4.43. The van der Waals surface area contributed by atoms with Crippen molar-refractivity contribution in [3.63, 3.8) is 0 Å². The molecule has 4 nitrogen and oxygen atoms in total. The van der Waals surface area contributed by atoms with Crippen LogP contribution in [0.5, 0.6) is 0 Å². The van der Waals surface area contributed by atoms with Crippen molar-refractivity contribution in [3.05, 3.63) is 39.3 Å². The number of hydrogen-bond donors (Lipinski definition) is 1. The molecule has 2 heterocycles. The second kappa shape index (κ2) is 4.75. The molecule has 0 amide bonds. The SMILES string of the molecule is CCc1nn(C)c2c1[nH]c(=S)n2-c1cc(C)ccc1Cl. The summed E-state index contributed by atoms with van der Waals surface area (Å²) >= 11 is 11.8. The number of aromatic nitrogens is 4. The lowest BCUT2D eigenvalue weighted by Crippen LogP contribution is -2.02. The summed E-state index contributed by atoms with van der Waals surface area (Å²) in [6, 6.07) is 5.91. The molecule has 0 aliphatic rings. The van der Waals surface area contributed by atoms with Crippen LogP contribution in [0.15, 0.2) is 18.2 Å². The lowest BCUT2D eigenvalue weighted by atomic mass is 10.2. The maximum absolute atomic E-state index is 6.34. The van der Waals surface area contributed by atoms with Gasteiger partial charge in [0.25, 0.3) is 0 Å². The molecular formula is C14H15ClN4S. The molecule has 2 aromatic heterocycles. The molecule has 3 rings (SSSR count). The van der Waals surface area contributed by atoms with Gasteiger partial charge in [-0.2, -0.15) is 5.10 Å². The van der Waals surface area contributed by atoms with Crippen LogP contribution in [0.1, 0.15) is 18.2 Å². The van der Waals surface area contributed by atoms with E-state index in [0.29, 0.717) is 9.79 Å². The highest BCUT2D eigenvalue weighted by atomic mass is 35.5. The number of rotatable bonds is 2. The first-order chi connectivity index (χ1) is 9.52. The highest BCUT2D eigenvalue weighted by Crippen LogP contribution is 2.27. The van der Waals surface area contributed by atoms with Crippen LogP contribution in [0.3, 0.4) is 0 Å². The molecule has 104 valence electrons.